The molecule has 1 N–H and O–H groups in total. The molecule has 2 fully saturated rings. The molecule has 1 aromatic heterocycles. The maximum atomic E-state index is 13.3. The summed E-state index contributed by atoms with van der Waals surface area (Å²) in [4.78, 5) is 2.40. The molecule has 0 bridgehead atoms. The number of aromatic nitrogens is 2. The van der Waals surface area contributed by atoms with E-state index in [1.165, 1.54) is 24.2 Å². The Balaban J connectivity index is 1.28. The average molecular weight is 371 g/mol. The van der Waals surface area contributed by atoms with Crippen molar-refractivity contribution in [3.8, 4) is 0 Å². The molecule has 0 atom stereocenters. The van der Waals surface area contributed by atoms with E-state index < -0.39 is 0 Å². The van der Waals surface area contributed by atoms with Crippen molar-refractivity contribution in [2.75, 3.05) is 24.5 Å². The third kappa shape index (κ3) is 4.18. The van der Waals surface area contributed by atoms with E-state index in [2.05, 4.69) is 39.9 Å². The maximum absolute atomic E-state index is 13.3. The number of anilines is 1. The minimum Gasteiger partial charge on any atom is -0.371 e. The minimum absolute atomic E-state index is 0.148. The van der Waals surface area contributed by atoms with E-state index in [4.69, 9.17) is 0 Å². The van der Waals surface area contributed by atoms with Gasteiger partial charge < -0.3 is 10.2 Å². The molecule has 1 aromatic carbocycles. The summed E-state index contributed by atoms with van der Waals surface area (Å²) in [6, 6.07) is 7.88. The van der Waals surface area contributed by atoms with Crippen LogP contribution in [0.5, 0.6) is 0 Å². The van der Waals surface area contributed by atoms with Crippen LogP contribution in [0.3, 0.4) is 0 Å². The average Bonchev–Trinajstić information content (AvgIpc) is 3.32. The van der Waals surface area contributed by atoms with Crippen LogP contribution in [0.15, 0.2) is 24.3 Å². The van der Waals surface area contributed by atoms with Gasteiger partial charge in [-0.1, -0.05) is 0 Å². The molecule has 0 unspecified atom stereocenters. The van der Waals surface area contributed by atoms with E-state index in [0.29, 0.717) is 11.5 Å². The molecule has 5 heteroatoms. The zero-order valence-corrected chi connectivity index (χ0v) is 16.8. The lowest BCUT2D eigenvalue weighted by Crippen LogP contribution is -2.44. The number of aryl methyl sites for hydroxylation is 3. The van der Waals surface area contributed by atoms with Crippen LogP contribution in [0.1, 0.15) is 42.6 Å². The molecule has 1 aliphatic heterocycles. The fraction of sp³-hybridized carbons (Fsp3) is 0.591. The van der Waals surface area contributed by atoms with Gasteiger partial charge in [0.05, 0.1) is 5.69 Å². The van der Waals surface area contributed by atoms with E-state index in [9.17, 15) is 4.39 Å². The molecule has 1 saturated heterocycles. The summed E-state index contributed by atoms with van der Waals surface area (Å²) >= 11 is 0. The molecule has 2 aromatic rings. The second kappa shape index (κ2) is 7.27. The van der Waals surface area contributed by atoms with Gasteiger partial charge in [0.25, 0.3) is 0 Å². The van der Waals surface area contributed by atoms with Gasteiger partial charge in [-0.15, -0.1) is 0 Å². The summed E-state index contributed by atoms with van der Waals surface area (Å²) in [5, 5.41) is 8.48. The molecule has 4 rings (SSSR count). The summed E-state index contributed by atoms with van der Waals surface area (Å²) in [6.45, 7) is 10.4. The molecule has 2 aliphatic rings. The van der Waals surface area contributed by atoms with Gasteiger partial charge in [0.1, 0.15) is 5.82 Å². The molecule has 0 amide bonds. The highest BCUT2D eigenvalue weighted by Gasteiger charge is 2.43. The van der Waals surface area contributed by atoms with E-state index >= 15 is 0 Å². The Kier molecular flexibility index (Phi) is 4.97. The molecule has 1 aliphatic carbocycles. The number of benzene rings is 1. The van der Waals surface area contributed by atoms with Crippen LogP contribution in [0.25, 0.3) is 0 Å². The monoisotopic (exact) mass is 370 g/mol. The molecule has 0 spiro atoms. The lowest BCUT2D eigenvalue weighted by molar-refractivity contribution is 0.325. The van der Waals surface area contributed by atoms with Gasteiger partial charge in [-0.2, -0.15) is 5.10 Å². The van der Waals surface area contributed by atoms with Crippen molar-refractivity contribution < 1.29 is 4.39 Å². The minimum atomic E-state index is -0.148. The summed E-state index contributed by atoms with van der Waals surface area (Å²) in [7, 11) is 0. The molecule has 0 radical (unpaired) electrons. The zero-order chi connectivity index (χ0) is 19.0. The summed E-state index contributed by atoms with van der Waals surface area (Å²) in [5.74, 6) is -0.148. The number of rotatable bonds is 6. The summed E-state index contributed by atoms with van der Waals surface area (Å²) in [6.07, 6.45) is 4.89. The van der Waals surface area contributed by atoms with Crippen molar-refractivity contribution in [2.24, 2.45) is 5.41 Å². The standard InChI is InChI=1S/C22H31FN4/c1-16-12-19(23)4-5-21(16)26-10-6-20(7-11-26)24-14-22(8-9-22)15-27-18(3)13-17(2)25-27/h4-5,12-13,20,24H,6-11,14-15H2,1-3H3. The van der Waals surface area contributed by atoms with Gasteiger partial charge in [-0.25, -0.2) is 4.39 Å². The summed E-state index contributed by atoms with van der Waals surface area (Å²) < 4.78 is 15.5. The molecule has 27 heavy (non-hydrogen) atoms. The Morgan fingerprint density at radius 3 is 2.48 bits per heavy atom. The van der Waals surface area contributed by atoms with Crippen LogP contribution >= 0.6 is 0 Å². The van der Waals surface area contributed by atoms with Crippen LogP contribution in [0.4, 0.5) is 10.1 Å². The fourth-order valence-corrected chi connectivity index (χ4v) is 4.38. The highest BCUT2D eigenvalue weighted by atomic mass is 19.1. The van der Waals surface area contributed by atoms with Crippen molar-refractivity contribution in [1.82, 2.24) is 15.1 Å². The van der Waals surface area contributed by atoms with Gasteiger partial charge >= 0.3 is 0 Å². The van der Waals surface area contributed by atoms with Crippen molar-refractivity contribution in [3.63, 3.8) is 0 Å². The largest absolute Gasteiger partial charge is 0.371 e. The SMILES string of the molecule is Cc1cc(C)n(CC2(CNC3CCN(c4ccc(F)cc4C)CC3)CC2)n1. The molecule has 1 saturated carbocycles. The third-order valence-corrected chi connectivity index (χ3v) is 6.31. The first-order chi connectivity index (χ1) is 12.9. The van der Waals surface area contributed by atoms with E-state index in [1.54, 1.807) is 12.1 Å². The second-order valence-corrected chi connectivity index (χ2v) is 8.66. The molecular weight excluding hydrogens is 339 g/mol. The molecule has 2 heterocycles. The van der Waals surface area contributed by atoms with E-state index in [0.717, 1.165) is 50.3 Å². The number of hydrogen-bond acceptors (Lipinski definition) is 3. The predicted octanol–water partition coefficient (Wildman–Crippen LogP) is 3.99. The number of hydrogen-bond donors (Lipinski definition) is 1. The van der Waals surface area contributed by atoms with Crippen molar-refractivity contribution in [1.29, 1.82) is 0 Å². The van der Waals surface area contributed by atoms with Crippen molar-refractivity contribution in [3.05, 3.63) is 47.0 Å². The molecular formula is C22H31FN4. The number of nitrogens with zero attached hydrogens (tertiary/aromatic N) is 3. The predicted molar refractivity (Wildman–Crippen MR) is 108 cm³/mol. The smallest absolute Gasteiger partial charge is 0.123 e. The normalized spacial score (nSPS) is 19.5. The van der Waals surface area contributed by atoms with Crippen LogP contribution in [-0.2, 0) is 6.54 Å². The topological polar surface area (TPSA) is 33.1 Å². The van der Waals surface area contributed by atoms with Gasteiger partial charge in [0, 0.05) is 49.0 Å². The Morgan fingerprint density at radius 2 is 1.89 bits per heavy atom. The van der Waals surface area contributed by atoms with Gasteiger partial charge in [0.2, 0.25) is 0 Å². The fourth-order valence-electron chi connectivity index (χ4n) is 4.38. The number of nitrogens with one attached hydrogen (secondary N) is 1. The van der Waals surface area contributed by atoms with Crippen LogP contribution < -0.4 is 10.2 Å². The number of piperidine rings is 1. The lowest BCUT2D eigenvalue weighted by Gasteiger charge is -2.35. The first-order valence-corrected chi connectivity index (χ1v) is 10.2. The first-order valence-electron chi connectivity index (χ1n) is 10.2. The Labute approximate surface area is 161 Å². The van der Waals surface area contributed by atoms with Crippen molar-refractivity contribution in [2.45, 2.75) is 59.0 Å². The van der Waals surface area contributed by atoms with Gasteiger partial charge in [-0.3, -0.25) is 4.68 Å². The summed E-state index contributed by atoms with van der Waals surface area (Å²) in [5.41, 5.74) is 4.98. The highest BCUT2D eigenvalue weighted by Crippen LogP contribution is 2.46. The quantitative estimate of drug-likeness (QED) is 0.835. The molecule has 4 nitrogen and oxygen atoms in total. The Morgan fingerprint density at radius 1 is 1.15 bits per heavy atom. The third-order valence-electron chi connectivity index (χ3n) is 6.31. The number of halogens is 1. The maximum Gasteiger partial charge on any atom is 0.123 e. The molecule has 146 valence electrons. The highest BCUT2D eigenvalue weighted by molar-refractivity contribution is 5.53. The first kappa shape index (κ1) is 18.5. The van der Waals surface area contributed by atoms with Crippen molar-refractivity contribution >= 4 is 5.69 Å². The van der Waals surface area contributed by atoms with Crippen LogP contribution in [0, 0.1) is 32.0 Å². The van der Waals surface area contributed by atoms with E-state index in [-0.39, 0.29) is 5.82 Å². The zero-order valence-electron chi connectivity index (χ0n) is 16.8. The van der Waals surface area contributed by atoms with Crippen LogP contribution in [-0.4, -0.2) is 35.5 Å². The Hall–Kier alpha value is -1.88. The second-order valence-electron chi connectivity index (χ2n) is 8.66. The van der Waals surface area contributed by atoms with Crippen LogP contribution in [0.2, 0.25) is 0 Å². The van der Waals surface area contributed by atoms with Gasteiger partial charge in [0.15, 0.2) is 0 Å². The Bertz CT molecular complexity index is 801. The van der Waals surface area contributed by atoms with Gasteiger partial charge in [-0.05, 0) is 76.3 Å². The van der Waals surface area contributed by atoms with E-state index in [1.807, 2.05) is 13.0 Å². The lowest BCUT2D eigenvalue weighted by atomic mass is 10.0.